The van der Waals surface area contributed by atoms with Crippen molar-refractivity contribution in [3.05, 3.63) is 33.7 Å². The first-order valence-corrected chi connectivity index (χ1v) is 5.59. The minimum absolute atomic E-state index is 0.127. The average molecular weight is 262 g/mol. The first-order valence-electron chi connectivity index (χ1n) is 5.59. The summed E-state index contributed by atoms with van der Waals surface area (Å²) in [6, 6.07) is 0.944. The van der Waals surface area contributed by atoms with Crippen molar-refractivity contribution in [1.29, 1.82) is 0 Å². The summed E-state index contributed by atoms with van der Waals surface area (Å²) < 4.78 is 39.3. The van der Waals surface area contributed by atoms with E-state index in [4.69, 9.17) is 0 Å². The van der Waals surface area contributed by atoms with Crippen LogP contribution in [0.25, 0.3) is 0 Å². The molecule has 1 rings (SSSR count). The number of halogens is 3. The Morgan fingerprint density at radius 2 is 1.89 bits per heavy atom. The highest BCUT2D eigenvalue weighted by Gasteiger charge is 2.32. The zero-order chi connectivity index (χ0) is 14.1. The number of hydrogen-bond donors (Lipinski definition) is 0. The molecular weight excluding hydrogens is 245 g/mol. The summed E-state index contributed by atoms with van der Waals surface area (Å²) in [5.74, 6) is -0.242. The summed E-state index contributed by atoms with van der Waals surface area (Å²) in [5.41, 5.74) is -0.967. The van der Waals surface area contributed by atoms with Crippen LogP contribution in [0.2, 0.25) is 0 Å². The summed E-state index contributed by atoms with van der Waals surface area (Å²) in [7, 11) is 3.39. The molecule has 0 bridgehead atoms. The molecule has 1 aromatic heterocycles. The van der Waals surface area contributed by atoms with Crippen molar-refractivity contribution >= 4 is 0 Å². The molecule has 0 unspecified atom stereocenters. The predicted octanol–water partition coefficient (Wildman–Crippen LogP) is 2.51. The van der Waals surface area contributed by atoms with Crippen LogP contribution in [0.5, 0.6) is 0 Å². The van der Waals surface area contributed by atoms with Crippen LogP contribution in [0, 0.1) is 0 Å². The average Bonchev–Trinajstić information content (AvgIpc) is 2.18. The third-order valence-electron chi connectivity index (χ3n) is 2.50. The molecule has 0 aliphatic heterocycles. The fourth-order valence-electron chi connectivity index (χ4n) is 1.64. The zero-order valence-electron chi connectivity index (χ0n) is 10.9. The molecule has 0 radical (unpaired) electrons. The molecule has 0 aromatic carbocycles. The van der Waals surface area contributed by atoms with E-state index in [-0.39, 0.29) is 23.7 Å². The Morgan fingerprint density at radius 1 is 1.33 bits per heavy atom. The van der Waals surface area contributed by atoms with E-state index in [9.17, 15) is 18.0 Å². The van der Waals surface area contributed by atoms with Crippen LogP contribution in [0.1, 0.15) is 30.9 Å². The summed E-state index contributed by atoms with van der Waals surface area (Å²) in [6.07, 6.45) is -3.57. The van der Waals surface area contributed by atoms with Gasteiger partial charge in [0.2, 0.25) is 0 Å². The van der Waals surface area contributed by atoms with Crippen molar-refractivity contribution in [2.24, 2.45) is 0 Å². The number of nitrogens with zero attached hydrogens (tertiary/aromatic N) is 2. The van der Waals surface area contributed by atoms with Crippen LogP contribution in [-0.2, 0) is 12.8 Å². The van der Waals surface area contributed by atoms with E-state index in [1.807, 2.05) is 0 Å². The van der Waals surface area contributed by atoms with E-state index >= 15 is 0 Å². The zero-order valence-corrected chi connectivity index (χ0v) is 10.9. The van der Waals surface area contributed by atoms with Gasteiger partial charge in [0, 0.05) is 11.8 Å². The Morgan fingerprint density at radius 3 is 2.28 bits per heavy atom. The number of pyridine rings is 1. The summed E-state index contributed by atoms with van der Waals surface area (Å²) in [4.78, 5) is 13.6. The molecule has 0 amide bonds. The van der Waals surface area contributed by atoms with Gasteiger partial charge in [-0.3, -0.25) is 9.69 Å². The summed E-state index contributed by atoms with van der Waals surface area (Å²) >= 11 is 0. The largest absolute Gasteiger partial charge is 0.417 e. The van der Waals surface area contributed by atoms with E-state index in [0.717, 1.165) is 16.8 Å². The summed E-state index contributed by atoms with van der Waals surface area (Å²) in [6.45, 7) is 3.54. The molecule has 102 valence electrons. The fraction of sp³-hybridized carbons (Fsp3) is 0.583. The van der Waals surface area contributed by atoms with Gasteiger partial charge in [-0.1, -0.05) is 13.8 Å². The fourth-order valence-corrected chi connectivity index (χ4v) is 1.64. The third kappa shape index (κ3) is 3.35. The van der Waals surface area contributed by atoms with E-state index in [1.165, 1.54) is 0 Å². The molecular formula is C12H17F3N2O. The van der Waals surface area contributed by atoms with Crippen LogP contribution in [0.4, 0.5) is 13.2 Å². The van der Waals surface area contributed by atoms with Gasteiger partial charge in [-0.25, -0.2) is 0 Å². The minimum atomic E-state index is -4.44. The molecule has 0 saturated carbocycles. The molecule has 0 fully saturated rings. The number of rotatable bonds is 3. The van der Waals surface area contributed by atoms with Gasteiger partial charge in [0.15, 0.2) is 0 Å². The lowest BCUT2D eigenvalue weighted by Gasteiger charge is -2.17. The first-order chi connectivity index (χ1) is 8.12. The predicted molar refractivity (Wildman–Crippen MR) is 63.5 cm³/mol. The van der Waals surface area contributed by atoms with Gasteiger partial charge in [0.1, 0.15) is 0 Å². The normalized spacial score (nSPS) is 12.5. The maximum absolute atomic E-state index is 12.8. The van der Waals surface area contributed by atoms with Crippen LogP contribution in [0.3, 0.4) is 0 Å². The van der Waals surface area contributed by atoms with E-state index in [0.29, 0.717) is 0 Å². The molecule has 0 aliphatic carbocycles. The minimum Gasteiger partial charge on any atom is -0.301 e. The summed E-state index contributed by atoms with van der Waals surface area (Å²) in [5, 5.41) is 0. The van der Waals surface area contributed by atoms with Crippen LogP contribution >= 0.6 is 0 Å². The molecule has 1 aromatic rings. The van der Waals surface area contributed by atoms with E-state index in [1.54, 1.807) is 32.8 Å². The Hall–Kier alpha value is -1.30. The number of alkyl halides is 3. The van der Waals surface area contributed by atoms with E-state index < -0.39 is 11.7 Å². The molecule has 0 spiro atoms. The highest BCUT2D eigenvalue weighted by atomic mass is 19.4. The first kappa shape index (κ1) is 14.8. The molecule has 0 aliphatic rings. The van der Waals surface area contributed by atoms with Gasteiger partial charge >= 0.3 is 6.18 Å². The highest BCUT2D eigenvalue weighted by molar-refractivity contribution is 5.24. The maximum Gasteiger partial charge on any atom is 0.417 e. The van der Waals surface area contributed by atoms with Crippen molar-refractivity contribution in [3.8, 4) is 0 Å². The smallest absolute Gasteiger partial charge is 0.301 e. The lowest BCUT2D eigenvalue weighted by Crippen LogP contribution is -2.31. The van der Waals surface area contributed by atoms with Gasteiger partial charge in [0.25, 0.3) is 5.56 Å². The van der Waals surface area contributed by atoms with Crippen molar-refractivity contribution in [2.45, 2.75) is 32.6 Å². The molecule has 0 N–H and O–H groups in total. The van der Waals surface area contributed by atoms with Gasteiger partial charge in [-0.15, -0.1) is 0 Å². The number of hydrogen-bond acceptors (Lipinski definition) is 2. The van der Waals surface area contributed by atoms with Gasteiger partial charge in [-0.05, 0) is 26.1 Å². The maximum atomic E-state index is 12.8. The van der Waals surface area contributed by atoms with Crippen molar-refractivity contribution in [1.82, 2.24) is 9.47 Å². The quantitative estimate of drug-likeness (QED) is 0.836. The SMILES string of the molecule is CC(C)c1cc(C(F)(F)F)cn(CN(C)C)c1=O. The Bertz CT molecular complexity index is 475. The second-order valence-electron chi connectivity index (χ2n) is 4.83. The second kappa shape index (κ2) is 5.14. The second-order valence-corrected chi connectivity index (χ2v) is 4.83. The third-order valence-corrected chi connectivity index (χ3v) is 2.50. The van der Waals surface area contributed by atoms with Crippen molar-refractivity contribution in [2.75, 3.05) is 14.1 Å². The van der Waals surface area contributed by atoms with Crippen molar-refractivity contribution in [3.63, 3.8) is 0 Å². The van der Waals surface area contributed by atoms with Gasteiger partial charge in [-0.2, -0.15) is 13.2 Å². The topological polar surface area (TPSA) is 25.2 Å². The molecule has 0 saturated heterocycles. The highest BCUT2D eigenvalue weighted by Crippen LogP contribution is 2.29. The molecule has 18 heavy (non-hydrogen) atoms. The van der Waals surface area contributed by atoms with Crippen LogP contribution < -0.4 is 5.56 Å². The van der Waals surface area contributed by atoms with Crippen LogP contribution in [0.15, 0.2) is 17.1 Å². The van der Waals surface area contributed by atoms with Crippen LogP contribution in [-0.4, -0.2) is 23.6 Å². The monoisotopic (exact) mass is 262 g/mol. The molecule has 0 atom stereocenters. The van der Waals surface area contributed by atoms with Gasteiger partial charge < -0.3 is 4.57 Å². The lowest BCUT2D eigenvalue weighted by molar-refractivity contribution is -0.138. The number of aromatic nitrogens is 1. The molecule has 6 heteroatoms. The Balaban J connectivity index is 3.42. The standard InChI is InChI=1S/C12H17F3N2O/c1-8(2)10-5-9(12(13,14)15)6-17(11(10)18)7-16(3)4/h5-6,8H,7H2,1-4H3. The lowest BCUT2D eigenvalue weighted by atomic mass is 10.0. The molecule has 1 heterocycles. The van der Waals surface area contributed by atoms with Gasteiger partial charge in [0.05, 0.1) is 12.2 Å². The molecule has 3 nitrogen and oxygen atoms in total. The Labute approximate surface area is 104 Å². The van der Waals surface area contributed by atoms with Crippen molar-refractivity contribution < 1.29 is 13.2 Å². The van der Waals surface area contributed by atoms with E-state index in [2.05, 4.69) is 0 Å². The Kier molecular flexibility index (Phi) is 4.21.